The van der Waals surface area contributed by atoms with E-state index in [0.29, 0.717) is 25.3 Å². The monoisotopic (exact) mass is 429 g/mol. The van der Waals surface area contributed by atoms with Crippen molar-refractivity contribution >= 4 is 34.8 Å². The van der Waals surface area contributed by atoms with Gasteiger partial charge < -0.3 is 14.7 Å². The minimum absolute atomic E-state index is 0.0136. The average Bonchev–Trinajstić information content (AvgIpc) is 3.13. The lowest BCUT2D eigenvalue weighted by Crippen LogP contribution is -2.51. The fraction of sp³-hybridized carbons (Fsp3) is 0.391. The molecule has 2 heterocycles. The first kappa shape index (κ1) is 20.7. The van der Waals surface area contributed by atoms with E-state index >= 15 is 0 Å². The lowest BCUT2D eigenvalue weighted by molar-refractivity contribution is -0.136. The van der Waals surface area contributed by atoms with Gasteiger partial charge in [-0.05, 0) is 49.2 Å². The highest BCUT2D eigenvalue weighted by Gasteiger charge is 2.38. The van der Waals surface area contributed by atoms with E-state index in [9.17, 15) is 14.0 Å². The first-order valence-electron chi connectivity index (χ1n) is 10.2. The number of halogens is 2. The molecule has 0 N–H and O–H groups in total. The Morgan fingerprint density at radius 1 is 1.10 bits per heavy atom. The average molecular weight is 430 g/mol. The van der Waals surface area contributed by atoms with E-state index in [4.69, 9.17) is 11.6 Å². The summed E-state index contributed by atoms with van der Waals surface area (Å²) in [6, 6.07) is 10.5. The summed E-state index contributed by atoms with van der Waals surface area (Å²) in [5.41, 5.74) is 4.28. The molecule has 0 aliphatic carbocycles. The quantitative estimate of drug-likeness (QED) is 0.745. The third-order valence-electron chi connectivity index (χ3n) is 6.20. The summed E-state index contributed by atoms with van der Waals surface area (Å²) < 4.78 is 13.4. The molecule has 0 bridgehead atoms. The molecule has 0 radical (unpaired) electrons. The Labute approximate surface area is 181 Å². The largest absolute Gasteiger partial charge is 0.368 e. The molecule has 0 spiro atoms. The van der Waals surface area contributed by atoms with Crippen molar-refractivity contribution in [3.63, 3.8) is 0 Å². The van der Waals surface area contributed by atoms with Crippen LogP contribution in [0.25, 0.3) is 0 Å². The molecule has 2 amide bonds. The highest BCUT2D eigenvalue weighted by molar-refractivity contribution is 6.31. The molecule has 2 aromatic rings. The summed E-state index contributed by atoms with van der Waals surface area (Å²) in [4.78, 5) is 31.2. The fourth-order valence-corrected chi connectivity index (χ4v) is 4.45. The second-order valence-corrected chi connectivity index (χ2v) is 8.44. The summed E-state index contributed by atoms with van der Waals surface area (Å²) in [6.07, 6.45) is 0.172. The van der Waals surface area contributed by atoms with Gasteiger partial charge in [0.1, 0.15) is 5.82 Å². The van der Waals surface area contributed by atoms with Gasteiger partial charge in [0.2, 0.25) is 11.8 Å². The van der Waals surface area contributed by atoms with E-state index in [1.165, 1.54) is 39.9 Å². The van der Waals surface area contributed by atoms with Crippen LogP contribution in [0.4, 0.5) is 15.8 Å². The minimum atomic E-state index is -0.526. The Hall–Kier alpha value is -2.60. The number of rotatable bonds is 3. The Bertz CT molecular complexity index is 988. The van der Waals surface area contributed by atoms with Crippen LogP contribution in [0.5, 0.6) is 0 Å². The lowest BCUT2D eigenvalue weighted by Gasteiger charge is -2.38. The summed E-state index contributed by atoms with van der Waals surface area (Å²) in [5.74, 6) is -1.03. The van der Waals surface area contributed by atoms with Crippen LogP contribution in [0.2, 0.25) is 5.02 Å². The van der Waals surface area contributed by atoms with E-state index in [1.54, 1.807) is 0 Å². The van der Waals surface area contributed by atoms with Gasteiger partial charge in [0.25, 0.3) is 0 Å². The van der Waals surface area contributed by atoms with Gasteiger partial charge in [-0.15, -0.1) is 0 Å². The summed E-state index contributed by atoms with van der Waals surface area (Å²) in [6.45, 7) is 7.36. The normalized spacial score (nSPS) is 19.5. The Kier molecular flexibility index (Phi) is 5.69. The SMILES string of the molecule is Cc1cccc(N2CCN(C(=O)C3CC(=O)N(c4ccc(F)c(Cl)c4)C3)CC2)c1C. The minimum Gasteiger partial charge on any atom is -0.368 e. The van der Waals surface area contributed by atoms with Crippen molar-refractivity contribution in [2.45, 2.75) is 20.3 Å². The molecule has 2 aromatic carbocycles. The van der Waals surface area contributed by atoms with Crippen LogP contribution >= 0.6 is 11.6 Å². The molecular formula is C23H25ClFN3O2. The second kappa shape index (κ2) is 8.26. The van der Waals surface area contributed by atoms with Gasteiger partial charge in [-0.2, -0.15) is 0 Å². The van der Waals surface area contributed by atoms with Crippen molar-refractivity contribution < 1.29 is 14.0 Å². The second-order valence-electron chi connectivity index (χ2n) is 8.04. The van der Waals surface area contributed by atoms with Crippen LogP contribution in [0.3, 0.4) is 0 Å². The van der Waals surface area contributed by atoms with Gasteiger partial charge in [0, 0.05) is 50.5 Å². The van der Waals surface area contributed by atoms with Crippen LogP contribution in [0.1, 0.15) is 17.5 Å². The molecule has 5 nitrogen and oxygen atoms in total. The van der Waals surface area contributed by atoms with Crippen molar-refractivity contribution in [1.29, 1.82) is 0 Å². The van der Waals surface area contributed by atoms with Crippen LogP contribution < -0.4 is 9.80 Å². The van der Waals surface area contributed by atoms with Crippen LogP contribution in [-0.2, 0) is 9.59 Å². The van der Waals surface area contributed by atoms with Crippen LogP contribution in [-0.4, -0.2) is 49.4 Å². The number of benzene rings is 2. The highest BCUT2D eigenvalue weighted by atomic mass is 35.5. The third-order valence-corrected chi connectivity index (χ3v) is 6.49. The van der Waals surface area contributed by atoms with Crippen molar-refractivity contribution in [3.8, 4) is 0 Å². The number of hydrogen-bond donors (Lipinski definition) is 0. The van der Waals surface area contributed by atoms with Gasteiger partial charge in [0.15, 0.2) is 0 Å². The first-order valence-corrected chi connectivity index (χ1v) is 10.6. The predicted molar refractivity (Wildman–Crippen MR) is 117 cm³/mol. The molecule has 0 saturated carbocycles. The number of anilines is 2. The number of carbonyl (C=O) groups is 2. The van der Waals surface area contributed by atoms with Gasteiger partial charge in [-0.3, -0.25) is 9.59 Å². The van der Waals surface area contributed by atoms with Crippen molar-refractivity contribution in [3.05, 3.63) is 58.4 Å². The third kappa shape index (κ3) is 3.88. The topological polar surface area (TPSA) is 43.9 Å². The molecule has 4 rings (SSSR count). The number of nitrogens with zero attached hydrogens (tertiary/aromatic N) is 3. The maximum Gasteiger partial charge on any atom is 0.228 e. The van der Waals surface area contributed by atoms with Gasteiger partial charge in [-0.1, -0.05) is 23.7 Å². The van der Waals surface area contributed by atoms with E-state index in [1.807, 2.05) is 4.90 Å². The van der Waals surface area contributed by atoms with E-state index in [0.717, 1.165) is 13.1 Å². The summed E-state index contributed by atoms with van der Waals surface area (Å²) in [7, 11) is 0. The van der Waals surface area contributed by atoms with Crippen molar-refractivity contribution in [2.75, 3.05) is 42.5 Å². The number of amides is 2. The van der Waals surface area contributed by atoms with Gasteiger partial charge in [0.05, 0.1) is 10.9 Å². The Morgan fingerprint density at radius 2 is 1.83 bits per heavy atom. The molecule has 2 aliphatic rings. The molecule has 1 atom stereocenters. The van der Waals surface area contributed by atoms with Gasteiger partial charge in [-0.25, -0.2) is 4.39 Å². The number of aryl methyl sites for hydroxylation is 1. The summed E-state index contributed by atoms with van der Waals surface area (Å²) in [5, 5.41) is -0.0300. The van der Waals surface area contributed by atoms with E-state index in [2.05, 4.69) is 36.9 Å². The number of piperazine rings is 1. The summed E-state index contributed by atoms with van der Waals surface area (Å²) >= 11 is 5.85. The number of hydrogen-bond acceptors (Lipinski definition) is 3. The Balaban J connectivity index is 1.39. The van der Waals surface area contributed by atoms with Crippen LogP contribution in [0, 0.1) is 25.6 Å². The zero-order chi connectivity index (χ0) is 21.4. The molecule has 0 aromatic heterocycles. The Morgan fingerprint density at radius 3 is 2.53 bits per heavy atom. The molecule has 7 heteroatoms. The lowest BCUT2D eigenvalue weighted by atomic mass is 10.1. The zero-order valence-corrected chi connectivity index (χ0v) is 18.0. The number of carbonyl (C=O) groups excluding carboxylic acids is 2. The molecule has 2 saturated heterocycles. The molecule has 2 aliphatic heterocycles. The van der Waals surface area contributed by atoms with Crippen LogP contribution in [0.15, 0.2) is 36.4 Å². The van der Waals surface area contributed by atoms with Crippen molar-refractivity contribution in [2.24, 2.45) is 5.92 Å². The standard InChI is InChI=1S/C23H25ClFN3O2/c1-15-4-3-5-21(16(15)2)26-8-10-27(11-9-26)23(30)17-12-22(29)28(14-17)18-6-7-20(25)19(24)13-18/h3-7,13,17H,8-12,14H2,1-2H3. The molecular weight excluding hydrogens is 405 g/mol. The maximum absolute atomic E-state index is 13.4. The van der Waals surface area contributed by atoms with E-state index in [-0.39, 0.29) is 29.2 Å². The smallest absolute Gasteiger partial charge is 0.228 e. The van der Waals surface area contributed by atoms with Gasteiger partial charge >= 0.3 is 0 Å². The maximum atomic E-state index is 13.4. The highest BCUT2D eigenvalue weighted by Crippen LogP contribution is 2.30. The first-order chi connectivity index (χ1) is 14.3. The van der Waals surface area contributed by atoms with Crippen molar-refractivity contribution in [1.82, 2.24) is 4.90 Å². The zero-order valence-electron chi connectivity index (χ0n) is 17.2. The molecule has 158 valence electrons. The molecule has 1 unspecified atom stereocenters. The molecule has 30 heavy (non-hydrogen) atoms. The molecule has 2 fully saturated rings. The fourth-order valence-electron chi connectivity index (χ4n) is 4.28. The van der Waals surface area contributed by atoms with E-state index < -0.39 is 5.82 Å². The predicted octanol–water partition coefficient (Wildman–Crippen LogP) is 3.80.